The number of rotatable bonds is 2. The van der Waals surface area contributed by atoms with Crippen molar-refractivity contribution in [3.05, 3.63) is 12.2 Å². The number of carboxylic acid groups (broad SMARTS) is 2. The average molecular weight is 246 g/mol. The van der Waals surface area contributed by atoms with Gasteiger partial charge < -0.3 is 10.2 Å². The SMILES string of the molecule is C=C(C)C(=O)O.O=C(O)CCl.[Zn]. The van der Waals surface area contributed by atoms with E-state index in [0.29, 0.717) is 0 Å². The predicted octanol–water partition coefficient (Wildman–Crippen LogP) is 0.954. The topological polar surface area (TPSA) is 74.6 Å². The van der Waals surface area contributed by atoms with Gasteiger partial charge in [-0.05, 0) is 6.92 Å². The first kappa shape index (κ1) is 17.6. The average Bonchev–Trinajstić information content (AvgIpc) is 1.89. The summed E-state index contributed by atoms with van der Waals surface area (Å²) in [6, 6.07) is 0. The molecule has 6 heteroatoms. The van der Waals surface area contributed by atoms with Gasteiger partial charge in [0.05, 0.1) is 0 Å². The molecule has 66 valence electrons. The van der Waals surface area contributed by atoms with Gasteiger partial charge in [0.25, 0.3) is 0 Å². The maximum Gasteiger partial charge on any atom is 0.330 e. The van der Waals surface area contributed by atoms with Crippen LogP contribution >= 0.6 is 11.6 Å². The van der Waals surface area contributed by atoms with E-state index in [2.05, 4.69) is 6.58 Å². The van der Waals surface area contributed by atoms with Crippen LogP contribution in [0.2, 0.25) is 0 Å². The molecular formula is C6H9ClO4Zn. The molecule has 2 N–H and O–H groups in total. The molecule has 0 heterocycles. The van der Waals surface area contributed by atoms with Crippen molar-refractivity contribution in [2.45, 2.75) is 6.92 Å². The molecule has 0 saturated heterocycles. The van der Waals surface area contributed by atoms with E-state index in [0.717, 1.165) is 0 Å². The van der Waals surface area contributed by atoms with E-state index in [1.165, 1.54) is 6.92 Å². The fourth-order valence-corrected chi connectivity index (χ4v) is 0. The summed E-state index contributed by atoms with van der Waals surface area (Å²) in [5.41, 5.74) is 0.176. The Kier molecular flexibility index (Phi) is 15.6. The van der Waals surface area contributed by atoms with Crippen molar-refractivity contribution in [2.75, 3.05) is 5.88 Å². The van der Waals surface area contributed by atoms with Gasteiger partial charge in [-0.15, -0.1) is 11.6 Å². The predicted molar refractivity (Wildman–Crippen MR) is 40.8 cm³/mol. The van der Waals surface area contributed by atoms with E-state index in [4.69, 9.17) is 21.8 Å². The third-order valence-electron chi connectivity index (χ3n) is 0.479. The molecule has 0 rings (SSSR count). The minimum absolute atomic E-state index is 0. The second-order valence-electron chi connectivity index (χ2n) is 1.61. The molecule has 0 atom stereocenters. The van der Waals surface area contributed by atoms with Crippen LogP contribution in [-0.2, 0) is 29.1 Å². The first-order chi connectivity index (χ1) is 4.91. The smallest absolute Gasteiger partial charge is 0.330 e. The third kappa shape index (κ3) is 22.6. The second kappa shape index (κ2) is 10.6. The Labute approximate surface area is 88.0 Å². The number of carboxylic acids is 2. The number of hydrogen-bond acceptors (Lipinski definition) is 2. The summed E-state index contributed by atoms with van der Waals surface area (Å²) >= 11 is 4.74. The number of halogens is 1. The van der Waals surface area contributed by atoms with Gasteiger partial charge >= 0.3 is 11.9 Å². The molecule has 0 saturated carbocycles. The molecule has 0 spiro atoms. The zero-order valence-corrected chi connectivity index (χ0v) is 10.4. The van der Waals surface area contributed by atoms with Crippen LogP contribution in [0.25, 0.3) is 0 Å². The zero-order chi connectivity index (χ0) is 9.44. The van der Waals surface area contributed by atoms with E-state index in [-0.39, 0.29) is 30.9 Å². The summed E-state index contributed by atoms with van der Waals surface area (Å²) in [5, 5.41) is 15.5. The standard InChI is InChI=1S/C4H6O2.C2H3ClO2.Zn/c1-3(2)4(5)6;3-1-2(4)5;/h1H2,2H3,(H,5,6);1H2,(H,4,5);. The van der Waals surface area contributed by atoms with Crippen LogP contribution in [0.1, 0.15) is 6.92 Å². The molecule has 0 aromatic rings. The van der Waals surface area contributed by atoms with E-state index in [1.807, 2.05) is 0 Å². The summed E-state index contributed by atoms with van der Waals surface area (Å²) in [6.07, 6.45) is 0. The molecule has 0 aromatic carbocycles. The van der Waals surface area contributed by atoms with E-state index in [1.54, 1.807) is 0 Å². The molecule has 0 amide bonds. The first-order valence-electron chi connectivity index (χ1n) is 2.58. The molecule has 0 aliphatic carbocycles. The van der Waals surface area contributed by atoms with Crippen molar-refractivity contribution >= 4 is 23.5 Å². The van der Waals surface area contributed by atoms with Crippen molar-refractivity contribution < 1.29 is 39.3 Å². The summed E-state index contributed by atoms with van der Waals surface area (Å²) < 4.78 is 0. The molecule has 0 bridgehead atoms. The molecule has 12 heavy (non-hydrogen) atoms. The van der Waals surface area contributed by atoms with Crippen molar-refractivity contribution in [1.29, 1.82) is 0 Å². The molecule has 0 radical (unpaired) electrons. The number of aliphatic carboxylic acids is 2. The van der Waals surface area contributed by atoms with Crippen LogP contribution in [0.5, 0.6) is 0 Å². The van der Waals surface area contributed by atoms with Gasteiger partial charge in [0.15, 0.2) is 0 Å². The van der Waals surface area contributed by atoms with Crippen molar-refractivity contribution in [2.24, 2.45) is 0 Å². The maximum absolute atomic E-state index is 9.60. The first-order valence-corrected chi connectivity index (χ1v) is 3.11. The van der Waals surface area contributed by atoms with Crippen molar-refractivity contribution in [1.82, 2.24) is 0 Å². The normalized spacial score (nSPS) is 6.83. The molecule has 0 aromatic heterocycles. The minimum Gasteiger partial charge on any atom is -0.480 e. The van der Waals surface area contributed by atoms with Crippen molar-refractivity contribution in [3.8, 4) is 0 Å². The van der Waals surface area contributed by atoms with E-state index < -0.39 is 11.9 Å². The monoisotopic (exact) mass is 244 g/mol. The molecule has 4 nitrogen and oxygen atoms in total. The number of hydrogen-bond donors (Lipinski definition) is 2. The Hall–Kier alpha value is -0.407. The van der Waals surface area contributed by atoms with Crippen LogP contribution < -0.4 is 0 Å². The fraction of sp³-hybridized carbons (Fsp3) is 0.333. The summed E-state index contributed by atoms with van der Waals surface area (Å²) in [5.74, 6) is -2.22. The summed E-state index contributed by atoms with van der Waals surface area (Å²) in [7, 11) is 0. The fourth-order valence-electron chi connectivity index (χ4n) is 0. The molecule has 0 aliphatic rings. The van der Waals surface area contributed by atoms with Gasteiger partial charge in [-0.2, -0.15) is 0 Å². The van der Waals surface area contributed by atoms with Crippen LogP contribution in [0.4, 0.5) is 0 Å². The van der Waals surface area contributed by atoms with Crippen molar-refractivity contribution in [3.63, 3.8) is 0 Å². The minimum atomic E-state index is -0.980. The second-order valence-corrected chi connectivity index (χ2v) is 1.88. The van der Waals surface area contributed by atoms with Gasteiger partial charge in [0, 0.05) is 25.1 Å². The Morgan fingerprint density at radius 3 is 1.58 bits per heavy atom. The molecular weight excluding hydrogens is 237 g/mol. The Morgan fingerprint density at radius 1 is 1.42 bits per heavy atom. The van der Waals surface area contributed by atoms with Gasteiger partial charge in [-0.25, -0.2) is 4.79 Å². The molecule has 0 fully saturated rings. The Morgan fingerprint density at radius 2 is 1.58 bits per heavy atom. The summed E-state index contributed by atoms with van der Waals surface area (Å²) in [4.78, 5) is 18.8. The quantitative estimate of drug-likeness (QED) is 0.432. The Balaban J connectivity index is -0.000000126. The van der Waals surface area contributed by atoms with Gasteiger partial charge in [-0.3, -0.25) is 4.79 Å². The van der Waals surface area contributed by atoms with Crippen LogP contribution in [0.3, 0.4) is 0 Å². The van der Waals surface area contributed by atoms with Gasteiger partial charge in [0.2, 0.25) is 0 Å². The van der Waals surface area contributed by atoms with E-state index >= 15 is 0 Å². The zero-order valence-electron chi connectivity index (χ0n) is 6.71. The van der Waals surface area contributed by atoms with Gasteiger partial charge in [-0.1, -0.05) is 6.58 Å². The number of alkyl halides is 1. The summed E-state index contributed by atoms with van der Waals surface area (Å²) in [6.45, 7) is 4.60. The van der Waals surface area contributed by atoms with Crippen LogP contribution in [-0.4, -0.2) is 28.0 Å². The molecule has 0 aliphatic heterocycles. The van der Waals surface area contributed by atoms with Crippen LogP contribution in [0, 0.1) is 0 Å². The largest absolute Gasteiger partial charge is 0.480 e. The molecule has 0 unspecified atom stereocenters. The third-order valence-corrected chi connectivity index (χ3v) is 0.708. The van der Waals surface area contributed by atoms with E-state index in [9.17, 15) is 9.59 Å². The maximum atomic E-state index is 9.60. The Bertz CT molecular complexity index is 157. The number of carbonyl (C=O) groups is 2. The van der Waals surface area contributed by atoms with Gasteiger partial charge in [0.1, 0.15) is 5.88 Å². The van der Waals surface area contributed by atoms with Crippen LogP contribution in [0.15, 0.2) is 12.2 Å².